The molecule has 0 aromatic heterocycles. The van der Waals surface area contributed by atoms with E-state index in [0.717, 1.165) is 0 Å². The second-order valence-corrected chi connectivity index (χ2v) is 2.06. The molecule has 3 N–H and O–H groups in total. The first-order chi connectivity index (χ1) is 3.18. The minimum atomic E-state index is -0.926. The van der Waals surface area contributed by atoms with Gasteiger partial charge in [0.1, 0.15) is 0 Å². The van der Waals surface area contributed by atoms with Gasteiger partial charge >= 0.3 is 54.4 Å². The average Bonchev–Trinajstić information content (AvgIpc) is 1.65. The predicted octanol–water partition coefficient (Wildman–Crippen LogP) is -1.01. The number of hydrogen-bond donors (Lipinski definition) is 2. The van der Waals surface area contributed by atoms with Crippen LogP contribution >= 0.6 is 0 Å². The molecule has 0 spiro atoms. The van der Waals surface area contributed by atoms with Gasteiger partial charge in [0.05, 0.1) is 0 Å². The molecule has 0 aliphatic carbocycles. The van der Waals surface area contributed by atoms with Crippen molar-refractivity contribution in [1.29, 1.82) is 0 Å². The van der Waals surface area contributed by atoms with Gasteiger partial charge < -0.3 is 0 Å². The Hall–Kier alpha value is 0.220. The Morgan fingerprint density at radius 1 is 2.00 bits per heavy atom. The number of aliphatic carboxylic acids is 1. The molecule has 1 unspecified atom stereocenters. The van der Waals surface area contributed by atoms with E-state index in [1.54, 1.807) is 22.3 Å². The maximum absolute atomic E-state index is 9.81. The summed E-state index contributed by atoms with van der Waals surface area (Å²) in [6.07, 6.45) is 0. The second kappa shape index (κ2) is 3.25. The molecule has 1 radical (unpaired) electrons. The van der Waals surface area contributed by atoms with Gasteiger partial charge in [0.2, 0.25) is 0 Å². The molecule has 0 aliphatic rings. The van der Waals surface area contributed by atoms with E-state index in [4.69, 9.17) is 10.8 Å². The maximum atomic E-state index is 9.81. The molecule has 3 nitrogen and oxygen atoms in total. The number of rotatable bonds is 2. The monoisotopic (exact) mass is 218 g/mol. The van der Waals surface area contributed by atoms with Crippen LogP contribution in [0.4, 0.5) is 0 Å². The number of hydrogen-bond acceptors (Lipinski definition) is 2. The Labute approximate surface area is 54.8 Å². The third kappa shape index (κ3) is 2.86. The Balaban J connectivity index is 3.34. The molecule has 0 aromatic rings. The fourth-order valence-corrected chi connectivity index (χ4v) is 0.478. The molecule has 0 aromatic carbocycles. The Kier molecular flexibility index (Phi) is 3.35. The van der Waals surface area contributed by atoms with Crippen molar-refractivity contribution in [2.75, 3.05) is 0 Å². The molecule has 0 aliphatic heterocycles. The summed E-state index contributed by atoms with van der Waals surface area (Å²) in [6, 6.07) is -0.676. The van der Waals surface area contributed by atoms with Crippen LogP contribution in [0.2, 0.25) is 4.47 Å². The Morgan fingerprint density at radius 2 is 2.43 bits per heavy atom. The van der Waals surface area contributed by atoms with Crippen molar-refractivity contribution in [1.82, 2.24) is 0 Å². The quantitative estimate of drug-likeness (QED) is 0.580. The zero-order chi connectivity index (χ0) is 5.86. The van der Waals surface area contributed by atoms with E-state index in [-0.39, 0.29) is 0 Å². The third-order valence-corrected chi connectivity index (χ3v) is 1.52. The van der Waals surface area contributed by atoms with Crippen LogP contribution in [-0.2, 0) is 4.79 Å². The van der Waals surface area contributed by atoms with Crippen molar-refractivity contribution >= 4 is 28.3 Å². The standard InChI is InChI=1S/C3H6NO2Te/c4-2(1-7)3(5)6/h2H,1,4H2,(H,5,6). The summed E-state index contributed by atoms with van der Waals surface area (Å²) >= 11 is 1.67. The van der Waals surface area contributed by atoms with E-state index in [2.05, 4.69) is 0 Å². The fraction of sp³-hybridized carbons (Fsp3) is 0.667. The van der Waals surface area contributed by atoms with Gasteiger partial charge in [0.25, 0.3) is 0 Å². The molecule has 0 amide bonds. The second-order valence-electron chi connectivity index (χ2n) is 1.11. The molecule has 41 valence electrons. The van der Waals surface area contributed by atoms with Crippen LogP contribution in [0.1, 0.15) is 0 Å². The molecule has 0 saturated heterocycles. The molecular formula is C3H6NO2Te. The van der Waals surface area contributed by atoms with Crippen LogP contribution in [-0.4, -0.2) is 39.4 Å². The van der Waals surface area contributed by atoms with Crippen LogP contribution < -0.4 is 5.73 Å². The summed E-state index contributed by atoms with van der Waals surface area (Å²) in [6.45, 7) is 0. The van der Waals surface area contributed by atoms with E-state index in [1.807, 2.05) is 0 Å². The van der Waals surface area contributed by atoms with E-state index >= 15 is 0 Å². The minimum absolute atomic E-state index is 0.505. The zero-order valence-electron chi connectivity index (χ0n) is 3.63. The van der Waals surface area contributed by atoms with Crippen molar-refractivity contribution < 1.29 is 9.90 Å². The van der Waals surface area contributed by atoms with Crippen LogP contribution in [0.3, 0.4) is 0 Å². The van der Waals surface area contributed by atoms with E-state index in [1.165, 1.54) is 0 Å². The van der Waals surface area contributed by atoms with Gasteiger partial charge in [-0.1, -0.05) is 0 Å². The molecular weight excluding hydrogens is 210 g/mol. The Bertz CT molecular complexity index is 75.3. The topological polar surface area (TPSA) is 63.3 Å². The first-order valence-electron chi connectivity index (χ1n) is 1.75. The van der Waals surface area contributed by atoms with Crippen molar-refractivity contribution in [3.63, 3.8) is 0 Å². The molecule has 0 saturated carbocycles. The van der Waals surface area contributed by atoms with E-state index < -0.39 is 12.0 Å². The van der Waals surface area contributed by atoms with E-state index in [9.17, 15) is 4.79 Å². The van der Waals surface area contributed by atoms with Gasteiger partial charge in [0.15, 0.2) is 0 Å². The van der Waals surface area contributed by atoms with Crippen molar-refractivity contribution in [2.45, 2.75) is 10.5 Å². The third-order valence-electron chi connectivity index (χ3n) is 0.497. The molecule has 1 atom stereocenters. The predicted molar refractivity (Wildman–Crippen MR) is 26.2 cm³/mol. The number of nitrogens with two attached hydrogens (primary N) is 1. The first-order valence-corrected chi connectivity index (χ1v) is 3.39. The van der Waals surface area contributed by atoms with Crippen LogP contribution in [0.15, 0.2) is 0 Å². The summed E-state index contributed by atoms with van der Waals surface area (Å²) in [7, 11) is 0. The SMILES string of the molecule is NC(C[Te])C(=O)O. The summed E-state index contributed by atoms with van der Waals surface area (Å²) in [5.41, 5.74) is 5.02. The van der Waals surface area contributed by atoms with Crippen LogP contribution in [0.25, 0.3) is 0 Å². The van der Waals surface area contributed by atoms with Gasteiger partial charge in [-0.05, 0) is 0 Å². The van der Waals surface area contributed by atoms with Crippen molar-refractivity contribution in [3.8, 4) is 0 Å². The zero-order valence-corrected chi connectivity index (χ0v) is 5.96. The molecule has 0 heterocycles. The average molecular weight is 216 g/mol. The van der Waals surface area contributed by atoms with Crippen LogP contribution in [0, 0.1) is 0 Å². The molecule has 7 heavy (non-hydrogen) atoms. The van der Waals surface area contributed by atoms with Gasteiger partial charge in [-0.15, -0.1) is 0 Å². The molecule has 4 heteroatoms. The molecule has 0 fully saturated rings. The number of carbonyl (C=O) groups is 1. The van der Waals surface area contributed by atoms with Crippen molar-refractivity contribution in [3.05, 3.63) is 0 Å². The summed E-state index contributed by atoms with van der Waals surface area (Å²) in [5, 5.41) is 8.06. The Morgan fingerprint density at radius 3 is 2.43 bits per heavy atom. The summed E-state index contributed by atoms with van der Waals surface area (Å²) in [5.74, 6) is -0.926. The number of carboxylic acids is 1. The normalized spacial score (nSPS) is 13.4. The van der Waals surface area contributed by atoms with Gasteiger partial charge in [-0.25, -0.2) is 0 Å². The summed E-state index contributed by atoms with van der Waals surface area (Å²) < 4.78 is 0.505. The van der Waals surface area contributed by atoms with Crippen molar-refractivity contribution in [2.24, 2.45) is 5.73 Å². The molecule has 0 bridgehead atoms. The van der Waals surface area contributed by atoms with Crippen LogP contribution in [0.5, 0.6) is 0 Å². The van der Waals surface area contributed by atoms with E-state index in [0.29, 0.717) is 4.47 Å². The fourth-order valence-electron chi connectivity index (χ4n) is 0.0713. The summed E-state index contributed by atoms with van der Waals surface area (Å²) in [4.78, 5) is 9.81. The molecule has 0 rings (SSSR count). The first kappa shape index (κ1) is 7.22. The van der Waals surface area contributed by atoms with Gasteiger partial charge in [-0.2, -0.15) is 0 Å². The van der Waals surface area contributed by atoms with Gasteiger partial charge in [-0.3, -0.25) is 0 Å². The number of carboxylic acid groups (broad SMARTS) is 1. The van der Waals surface area contributed by atoms with Gasteiger partial charge in [0, 0.05) is 0 Å².